The van der Waals surface area contributed by atoms with Gasteiger partial charge < -0.3 is 9.64 Å². The molecule has 1 fully saturated rings. The van der Waals surface area contributed by atoms with Crippen LogP contribution in [0.15, 0.2) is 48.5 Å². The Labute approximate surface area is 180 Å². The maximum absolute atomic E-state index is 6.19. The van der Waals surface area contributed by atoms with Gasteiger partial charge in [0.2, 0.25) is 0 Å². The Morgan fingerprint density at radius 1 is 0.889 bits per heavy atom. The van der Waals surface area contributed by atoms with E-state index in [1.54, 1.807) is 0 Å². The van der Waals surface area contributed by atoms with Crippen molar-refractivity contribution in [1.82, 2.24) is 4.90 Å². The maximum atomic E-state index is 6.19. The van der Waals surface area contributed by atoms with Crippen molar-refractivity contribution in [2.75, 3.05) is 44.2 Å². The maximum Gasteiger partial charge on any atom is 0.140 e. The molecule has 3 rings (SSSR count). The largest absolute Gasteiger partial charge is 0.492 e. The number of hydrogen-bond acceptors (Lipinski definition) is 3. The van der Waals surface area contributed by atoms with Crippen LogP contribution in [0, 0.1) is 6.92 Å². The van der Waals surface area contributed by atoms with E-state index in [0.717, 1.165) is 63.5 Å². The third-order valence-electron chi connectivity index (χ3n) is 4.77. The van der Waals surface area contributed by atoms with Crippen LogP contribution in [0.1, 0.15) is 18.4 Å². The van der Waals surface area contributed by atoms with Gasteiger partial charge >= 0.3 is 0 Å². The molecule has 0 atom stereocenters. The Hall–Kier alpha value is -1.13. The Morgan fingerprint density at radius 3 is 2.26 bits per heavy atom. The van der Waals surface area contributed by atoms with Crippen LogP contribution in [0.25, 0.3) is 0 Å². The van der Waals surface area contributed by atoms with E-state index in [-0.39, 0.29) is 24.8 Å². The SMILES string of the molecule is Cc1cccc(Cl)c1OCCCCN1CCN(c2ccccc2)CC1.Cl.Cl. The fourth-order valence-corrected chi connectivity index (χ4v) is 3.56. The summed E-state index contributed by atoms with van der Waals surface area (Å²) in [5.41, 5.74) is 2.44. The van der Waals surface area contributed by atoms with Crippen molar-refractivity contribution in [3.8, 4) is 5.75 Å². The van der Waals surface area contributed by atoms with E-state index in [4.69, 9.17) is 16.3 Å². The zero-order chi connectivity index (χ0) is 17.5. The van der Waals surface area contributed by atoms with Crippen molar-refractivity contribution in [3.63, 3.8) is 0 Å². The van der Waals surface area contributed by atoms with Crippen LogP contribution < -0.4 is 9.64 Å². The van der Waals surface area contributed by atoms with Gasteiger partial charge in [0.05, 0.1) is 11.6 Å². The van der Waals surface area contributed by atoms with E-state index in [2.05, 4.69) is 40.1 Å². The van der Waals surface area contributed by atoms with Gasteiger partial charge in [0.15, 0.2) is 0 Å². The summed E-state index contributed by atoms with van der Waals surface area (Å²) in [5, 5.41) is 0.706. The van der Waals surface area contributed by atoms with Crippen LogP contribution in [0.4, 0.5) is 5.69 Å². The van der Waals surface area contributed by atoms with Gasteiger partial charge in [-0.05, 0) is 50.1 Å². The molecule has 0 saturated carbocycles. The van der Waals surface area contributed by atoms with Gasteiger partial charge in [-0.15, -0.1) is 24.8 Å². The number of ether oxygens (including phenoxy) is 1. The van der Waals surface area contributed by atoms with E-state index >= 15 is 0 Å². The summed E-state index contributed by atoms with van der Waals surface area (Å²) in [4.78, 5) is 5.03. The topological polar surface area (TPSA) is 15.7 Å². The molecule has 2 aromatic rings. The van der Waals surface area contributed by atoms with Crippen molar-refractivity contribution in [3.05, 3.63) is 59.1 Å². The smallest absolute Gasteiger partial charge is 0.140 e. The monoisotopic (exact) mass is 430 g/mol. The lowest BCUT2D eigenvalue weighted by atomic mass is 10.2. The van der Waals surface area contributed by atoms with Crippen LogP contribution >= 0.6 is 36.4 Å². The molecule has 1 aliphatic rings. The zero-order valence-corrected chi connectivity index (χ0v) is 18.2. The highest BCUT2D eigenvalue weighted by Gasteiger charge is 2.16. The quantitative estimate of drug-likeness (QED) is 0.540. The van der Waals surface area contributed by atoms with Gasteiger partial charge in [0, 0.05) is 31.9 Å². The van der Waals surface area contributed by atoms with Crippen molar-refractivity contribution < 1.29 is 4.74 Å². The van der Waals surface area contributed by atoms with E-state index in [1.807, 2.05) is 25.1 Å². The van der Waals surface area contributed by atoms with Gasteiger partial charge in [0.1, 0.15) is 5.75 Å². The van der Waals surface area contributed by atoms with Crippen LogP contribution in [0.2, 0.25) is 5.02 Å². The normalized spacial score (nSPS) is 14.2. The van der Waals surface area contributed by atoms with E-state index in [1.165, 1.54) is 5.69 Å². The zero-order valence-electron chi connectivity index (χ0n) is 15.8. The highest BCUT2D eigenvalue weighted by Crippen LogP contribution is 2.28. The number of nitrogens with zero attached hydrogens (tertiary/aromatic N) is 2. The first-order valence-electron chi connectivity index (χ1n) is 9.14. The first-order chi connectivity index (χ1) is 12.2. The number of benzene rings is 2. The average molecular weight is 432 g/mol. The molecule has 0 spiro atoms. The number of para-hydroxylation sites is 2. The number of aryl methyl sites for hydroxylation is 1. The van der Waals surface area contributed by atoms with Crippen molar-refractivity contribution in [2.24, 2.45) is 0 Å². The molecule has 150 valence electrons. The summed E-state index contributed by atoms with van der Waals surface area (Å²) < 4.78 is 5.87. The summed E-state index contributed by atoms with van der Waals surface area (Å²) in [7, 11) is 0. The van der Waals surface area contributed by atoms with Crippen LogP contribution in [-0.4, -0.2) is 44.2 Å². The molecule has 0 unspecified atom stereocenters. The molecule has 2 aromatic carbocycles. The summed E-state index contributed by atoms with van der Waals surface area (Å²) in [6, 6.07) is 16.6. The number of anilines is 1. The predicted molar refractivity (Wildman–Crippen MR) is 121 cm³/mol. The van der Waals surface area contributed by atoms with E-state index < -0.39 is 0 Å². The lowest BCUT2D eigenvalue weighted by Crippen LogP contribution is -2.46. The minimum Gasteiger partial charge on any atom is -0.492 e. The van der Waals surface area contributed by atoms with Gasteiger partial charge in [-0.3, -0.25) is 4.90 Å². The molecule has 0 amide bonds. The first kappa shape index (κ1) is 23.9. The fourth-order valence-electron chi connectivity index (χ4n) is 3.28. The molecular weight excluding hydrogens is 403 g/mol. The molecule has 0 aromatic heterocycles. The molecule has 0 N–H and O–H groups in total. The molecule has 3 nitrogen and oxygen atoms in total. The minimum atomic E-state index is 0. The molecule has 27 heavy (non-hydrogen) atoms. The third kappa shape index (κ3) is 7.08. The number of piperazine rings is 1. The number of hydrogen-bond donors (Lipinski definition) is 0. The standard InChI is InChI=1S/C21H27ClN2O.2ClH/c1-18-8-7-11-20(22)21(18)25-17-6-5-12-23-13-15-24(16-14-23)19-9-3-2-4-10-19;;/h2-4,7-11H,5-6,12-17H2,1H3;2*1H. The van der Waals surface area contributed by atoms with Crippen LogP contribution in [-0.2, 0) is 0 Å². The Kier molecular flexibility index (Phi) is 10.9. The summed E-state index contributed by atoms with van der Waals surface area (Å²) in [6.07, 6.45) is 2.22. The number of rotatable bonds is 7. The number of unbranched alkanes of at least 4 members (excludes halogenated alkanes) is 1. The van der Waals surface area contributed by atoms with Crippen LogP contribution in [0.5, 0.6) is 5.75 Å². The predicted octanol–water partition coefficient (Wildman–Crippen LogP) is 5.47. The van der Waals surface area contributed by atoms with Gasteiger partial charge in [-0.25, -0.2) is 0 Å². The molecule has 1 saturated heterocycles. The van der Waals surface area contributed by atoms with Crippen molar-refractivity contribution in [1.29, 1.82) is 0 Å². The molecule has 0 aliphatic carbocycles. The second-order valence-corrected chi connectivity index (χ2v) is 7.01. The van der Waals surface area contributed by atoms with Crippen LogP contribution in [0.3, 0.4) is 0 Å². The van der Waals surface area contributed by atoms with E-state index in [9.17, 15) is 0 Å². The average Bonchev–Trinajstić information content (AvgIpc) is 2.65. The van der Waals surface area contributed by atoms with Gasteiger partial charge in [-0.2, -0.15) is 0 Å². The second-order valence-electron chi connectivity index (χ2n) is 6.61. The van der Waals surface area contributed by atoms with Gasteiger partial charge in [-0.1, -0.05) is 41.9 Å². The highest BCUT2D eigenvalue weighted by atomic mass is 35.5. The molecule has 6 heteroatoms. The lowest BCUT2D eigenvalue weighted by molar-refractivity contribution is 0.238. The molecule has 0 radical (unpaired) electrons. The Balaban J connectivity index is 0.00000182. The highest BCUT2D eigenvalue weighted by molar-refractivity contribution is 6.32. The second kappa shape index (κ2) is 12.4. The van der Waals surface area contributed by atoms with Crippen molar-refractivity contribution >= 4 is 42.1 Å². The first-order valence-corrected chi connectivity index (χ1v) is 9.52. The summed E-state index contributed by atoms with van der Waals surface area (Å²) >= 11 is 6.19. The lowest BCUT2D eigenvalue weighted by Gasteiger charge is -2.36. The minimum absolute atomic E-state index is 0. The molecule has 0 bridgehead atoms. The third-order valence-corrected chi connectivity index (χ3v) is 5.07. The van der Waals surface area contributed by atoms with Crippen molar-refractivity contribution in [2.45, 2.75) is 19.8 Å². The van der Waals surface area contributed by atoms with E-state index in [0.29, 0.717) is 5.02 Å². The van der Waals surface area contributed by atoms with Gasteiger partial charge in [0.25, 0.3) is 0 Å². The number of halogens is 3. The molecular formula is C21H29Cl3N2O. The molecule has 1 heterocycles. The molecule has 1 aliphatic heterocycles. The summed E-state index contributed by atoms with van der Waals surface area (Å²) in [5.74, 6) is 0.834. The fraction of sp³-hybridized carbons (Fsp3) is 0.429. The Morgan fingerprint density at radius 2 is 1.59 bits per heavy atom. The summed E-state index contributed by atoms with van der Waals surface area (Å²) in [6.45, 7) is 8.41. The Bertz CT molecular complexity index is 641.